The van der Waals surface area contributed by atoms with Crippen LogP contribution in [0.1, 0.15) is 21.5 Å². The Morgan fingerprint density at radius 1 is 1.03 bits per heavy atom. The molecule has 34 heavy (non-hydrogen) atoms. The minimum absolute atomic E-state index is 0.228. The number of nitrogens with one attached hydrogen (secondary N) is 1. The third kappa shape index (κ3) is 5.92. The van der Waals surface area contributed by atoms with E-state index in [1.807, 2.05) is 18.2 Å². The van der Waals surface area contributed by atoms with E-state index in [-0.39, 0.29) is 4.32 Å². The van der Waals surface area contributed by atoms with Crippen LogP contribution >= 0.6 is 58.8 Å². The van der Waals surface area contributed by atoms with Gasteiger partial charge in [-0.25, -0.2) is 0 Å². The average Bonchev–Trinajstić information content (AvgIpc) is 3.06. The molecule has 1 heterocycles. The molecular formula is C24H15Cl3N2O3S2. The third-order valence-electron chi connectivity index (χ3n) is 4.68. The molecule has 0 spiro atoms. The summed E-state index contributed by atoms with van der Waals surface area (Å²) < 4.78 is 6.01. The second-order valence-corrected chi connectivity index (χ2v) is 10.0. The number of carbonyl (C=O) groups is 2. The second-order valence-electron chi connectivity index (χ2n) is 7.06. The van der Waals surface area contributed by atoms with Gasteiger partial charge >= 0.3 is 0 Å². The summed E-state index contributed by atoms with van der Waals surface area (Å²) in [5.41, 5.74) is 4.45. The fourth-order valence-corrected chi connectivity index (χ4v) is 4.80. The molecule has 0 radical (unpaired) electrons. The highest BCUT2D eigenvalue weighted by Gasteiger charge is 2.33. The molecule has 10 heteroatoms. The maximum absolute atomic E-state index is 12.8. The highest BCUT2D eigenvalue weighted by Crippen LogP contribution is 2.32. The molecule has 4 rings (SSSR count). The molecule has 1 aliphatic rings. The molecule has 0 atom stereocenters. The van der Waals surface area contributed by atoms with Gasteiger partial charge in [0.2, 0.25) is 0 Å². The molecule has 0 aromatic heterocycles. The lowest BCUT2D eigenvalue weighted by Gasteiger charge is -2.15. The zero-order valence-electron chi connectivity index (χ0n) is 17.3. The predicted molar refractivity (Wildman–Crippen MR) is 141 cm³/mol. The number of hydrazine groups is 1. The number of rotatable bonds is 6. The normalized spacial score (nSPS) is 14.6. The van der Waals surface area contributed by atoms with E-state index in [2.05, 4.69) is 5.43 Å². The van der Waals surface area contributed by atoms with Crippen LogP contribution in [0, 0.1) is 0 Å². The van der Waals surface area contributed by atoms with Crippen molar-refractivity contribution < 1.29 is 14.3 Å². The van der Waals surface area contributed by atoms with Gasteiger partial charge in [0.15, 0.2) is 4.32 Å². The van der Waals surface area contributed by atoms with Crippen molar-refractivity contribution in [1.29, 1.82) is 0 Å². The largest absolute Gasteiger partial charge is 0.489 e. The van der Waals surface area contributed by atoms with Crippen molar-refractivity contribution in [2.24, 2.45) is 0 Å². The zero-order valence-corrected chi connectivity index (χ0v) is 21.2. The van der Waals surface area contributed by atoms with Gasteiger partial charge < -0.3 is 4.74 Å². The van der Waals surface area contributed by atoms with E-state index in [9.17, 15) is 9.59 Å². The average molecular weight is 550 g/mol. The highest BCUT2D eigenvalue weighted by molar-refractivity contribution is 8.26. The lowest BCUT2D eigenvalue weighted by Crippen LogP contribution is -2.44. The van der Waals surface area contributed by atoms with E-state index in [0.29, 0.717) is 37.9 Å². The van der Waals surface area contributed by atoms with Crippen LogP contribution in [-0.4, -0.2) is 21.1 Å². The molecular weight excluding hydrogens is 535 g/mol. The Kier molecular flexibility index (Phi) is 7.80. The Hall–Kier alpha value is -2.55. The summed E-state index contributed by atoms with van der Waals surface area (Å²) in [7, 11) is 0. The molecule has 3 aromatic carbocycles. The number of carbonyl (C=O) groups excluding carboxylic acids is 2. The van der Waals surface area contributed by atoms with E-state index in [1.165, 1.54) is 6.07 Å². The van der Waals surface area contributed by atoms with Crippen LogP contribution in [0.5, 0.6) is 5.75 Å². The zero-order chi connectivity index (χ0) is 24.2. The van der Waals surface area contributed by atoms with Crippen molar-refractivity contribution >= 4 is 81.0 Å². The number of hydrogen-bond donors (Lipinski definition) is 1. The quantitative estimate of drug-likeness (QED) is 0.272. The van der Waals surface area contributed by atoms with E-state index in [0.717, 1.165) is 27.9 Å². The van der Waals surface area contributed by atoms with Crippen LogP contribution < -0.4 is 10.2 Å². The SMILES string of the molecule is O=C(NN1C(=O)/C(=C/c2ccc(OCc3ccc(Cl)cc3Cl)cc2)SC1=S)c1cccc(Cl)c1. The Morgan fingerprint density at radius 2 is 1.76 bits per heavy atom. The smallest absolute Gasteiger partial charge is 0.285 e. The van der Waals surface area contributed by atoms with Crippen LogP contribution in [-0.2, 0) is 11.4 Å². The molecule has 0 aliphatic carbocycles. The molecule has 0 unspecified atom stereocenters. The topological polar surface area (TPSA) is 58.6 Å². The van der Waals surface area contributed by atoms with Crippen LogP contribution in [0.4, 0.5) is 0 Å². The summed E-state index contributed by atoms with van der Waals surface area (Å²) in [5, 5.41) is 2.57. The number of thioether (sulfide) groups is 1. The number of benzene rings is 3. The third-order valence-corrected chi connectivity index (χ3v) is 6.81. The molecule has 2 amide bonds. The van der Waals surface area contributed by atoms with Gasteiger partial charge in [-0.2, -0.15) is 5.01 Å². The molecule has 3 aromatic rings. The number of ether oxygens (including phenoxy) is 1. The van der Waals surface area contributed by atoms with Crippen LogP contribution in [0.3, 0.4) is 0 Å². The van der Waals surface area contributed by atoms with E-state index in [4.69, 9.17) is 51.8 Å². The molecule has 172 valence electrons. The molecule has 1 aliphatic heterocycles. The highest BCUT2D eigenvalue weighted by atomic mass is 35.5. The molecule has 1 fully saturated rings. The van der Waals surface area contributed by atoms with Gasteiger partial charge in [-0.05, 0) is 66.3 Å². The van der Waals surface area contributed by atoms with Crippen molar-refractivity contribution in [2.45, 2.75) is 6.61 Å². The maximum atomic E-state index is 12.8. The summed E-state index contributed by atoms with van der Waals surface area (Å²) in [6, 6.07) is 18.9. The first-order valence-corrected chi connectivity index (χ1v) is 12.2. The molecule has 0 bridgehead atoms. The van der Waals surface area contributed by atoms with Gasteiger partial charge in [-0.1, -0.05) is 70.8 Å². The summed E-state index contributed by atoms with van der Waals surface area (Å²) in [6.45, 7) is 0.292. The van der Waals surface area contributed by atoms with Gasteiger partial charge in [0.25, 0.3) is 11.8 Å². The number of thiocarbonyl (C=S) groups is 1. The van der Waals surface area contributed by atoms with Gasteiger partial charge in [-0.15, -0.1) is 0 Å². The van der Waals surface area contributed by atoms with Gasteiger partial charge in [-0.3, -0.25) is 15.0 Å². The predicted octanol–water partition coefficient (Wildman–Crippen LogP) is 6.77. The minimum atomic E-state index is -0.484. The van der Waals surface area contributed by atoms with E-state index < -0.39 is 11.8 Å². The first-order chi connectivity index (χ1) is 16.3. The summed E-state index contributed by atoms with van der Waals surface area (Å²) in [6.07, 6.45) is 1.70. The Labute approximate surface area is 220 Å². The number of halogens is 3. The Morgan fingerprint density at radius 3 is 2.47 bits per heavy atom. The standard InChI is InChI=1S/C24H15Cl3N2O3S2/c25-17-3-1-2-15(11-17)22(30)28-29-23(31)21(34-24(29)33)10-14-4-8-19(9-5-14)32-13-16-6-7-18(26)12-20(16)27/h1-12H,13H2,(H,28,30)/b21-10-. The van der Waals surface area contributed by atoms with Crippen LogP contribution in [0.15, 0.2) is 71.6 Å². The minimum Gasteiger partial charge on any atom is -0.489 e. The van der Waals surface area contributed by atoms with Crippen LogP contribution in [0.25, 0.3) is 6.08 Å². The number of amides is 2. The first kappa shape index (κ1) is 24.6. The second kappa shape index (κ2) is 10.8. The number of nitrogens with zero attached hydrogens (tertiary/aromatic N) is 1. The van der Waals surface area contributed by atoms with Crippen molar-refractivity contribution in [3.8, 4) is 5.75 Å². The van der Waals surface area contributed by atoms with Crippen molar-refractivity contribution in [1.82, 2.24) is 10.4 Å². The first-order valence-electron chi connectivity index (χ1n) is 9.81. The Bertz CT molecular complexity index is 1310. The Balaban J connectivity index is 1.40. The lowest BCUT2D eigenvalue weighted by atomic mass is 10.2. The fraction of sp³-hybridized carbons (Fsp3) is 0.0417. The summed E-state index contributed by atoms with van der Waals surface area (Å²) in [4.78, 5) is 25.7. The van der Waals surface area contributed by atoms with Gasteiger partial charge in [0.05, 0.1) is 4.91 Å². The van der Waals surface area contributed by atoms with Crippen molar-refractivity contribution in [2.75, 3.05) is 0 Å². The summed E-state index contributed by atoms with van der Waals surface area (Å²) >= 11 is 24.4. The monoisotopic (exact) mass is 548 g/mol. The van der Waals surface area contributed by atoms with Gasteiger partial charge in [0, 0.05) is 26.2 Å². The number of hydrogen-bond acceptors (Lipinski definition) is 5. The molecule has 5 nitrogen and oxygen atoms in total. The molecule has 1 saturated heterocycles. The van der Waals surface area contributed by atoms with Crippen molar-refractivity contribution in [3.63, 3.8) is 0 Å². The van der Waals surface area contributed by atoms with Crippen molar-refractivity contribution in [3.05, 3.63) is 103 Å². The van der Waals surface area contributed by atoms with Crippen LogP contribution in [0.2, 0.25) is 15.1 Å². The van der Waals surface area contributed by atoms with Gasteiger partial charge in [0.1, 0.15) is 12.4 Å². The van der Waals surface area contributed by atoms with E-state index in [1.54, 1.807) is 48.5 Å². The lowest BCUT2D eigenvalue weighted by molar-refractivity contribution is -0.123. The fourth-order valence-electron chi connectivity index (χ4n) is 2.97. The molecule has 0 saturated carbocycles. The maximum Gasteiger partial charge on any atom is 0.285 e. The molecule has 1 N–H and O–H groups in total. The summed E-state index contributed by atoms with van der Waals surface area (Å²) in [5.74, 6) is -0.255. The van der Waals surface area contributed by atoms with E-state index >= 15 is 0 Å².